The number of likely N-dealkylation sites (N-methyl/N-ethyl adjacent to an activating group) is 1. The van der Waals surface area contributed by atoms with Gasteiger partial charge in [-0.2, -0.15) is 0 Å². The maximum atomic E-state index is 12.3. The molecule has 18 heavy (non-hydrogen) atoms. The highest BCUT2D eigenvalue weighted by Crippen LogP contribution is 2.21. The van der Waals surface area contributed by atoms with Crippen LogP contribution in [0.1, 0.15) is 30.6 Å². The lowest BCUT2D eigenvalue weighted by molar-refractivity contribution is -0.132. The summed E-state index contributed by atoms with van der Waals surface area (Å²) >= 11 is 5.13. The van der Waals surface area contributed by atoms with E-state index < -0.39 is 0 Å². The van der Waals surface area contributed by atoms with Crippen LogP contribution in [0, 0.1) is 0 Å². The van der Waals surface area contributed by atoms with Gasteiger partial charge in [0.2, 0.25) is 5.91 Å². The van der Waals surface area contributed by atoms with Crippen molar-refractivity contribution in [2.45, 2.75) is 38.3 Å². The molecular weight excluding hydrogens is 312 g/mol. The van der Waals surface area contributed by atoms with Gasteiger partial charge < -0.3 is 10.2 Å². The van der Waals surface area contributed by atoms with Crippen LogP contribution in [0.15, 0.2) is 15.9 Å². The zero-order valence-corrected chi connectivity index (χ0v) is 13.0. The number of carbonyl (C=O) groups is 1. The predicted octanol–water partition coefficient (Wildman–Crippen LogP) is 3.00. The van der Waals surface area contributed by atoms with Gasteiger partial charge in [-0.3, -0.25) is 4.79 Å². The molecule has 1 N–H and O–H groups in total. The molecule has 0 saturated carbocycles. The van der Waals surface area contributed by atoms with E-state index in [1.165, 1.54) is 17.7 Å². The van der Waals surface area contributed by atoms with E-state index in [9.17, 15) is 4.79 Å². The minimum Gasteiger partial charge on any atom is -0.339 e. The Kier molecular flexibility index (Phi) is 5.21. The van der Waals surface area contributed by atoms with E-state index in [1.807, 2.05) is 11.9 Å². The van der Waals surface area contributed by atoms with Crippen molar-refractivity contribution in [2.75, 3.05) is 13.6 Å². The third kappa shape index (κ3) is 3.80. The van der Waals surface area contributed by atoms with Crippen LogP contribution in [-0.2, 0) is 11.3 Å². The second kappa shape index (κ2) is 6.68. The van der Waals surface area contributed by atoms with E-state index in [-0.39, 0.29) is 11.9 Å². The van der Waals surface area contributed by atoms with Gasteiger partial charge in [0.25, 0.3) is 0 Å². The lowest BCUT2D eigenvalue weighted by Gasteiger charge is -2.23. The first kappa shape index (κ1) is 14.0. The van der Waals surface area contributed by atoms with Crippen molar-refractivity contribution in [2.24, 2.45) is 0 Å². The van der Waals surface area contributed by atoms with Gasteiger partial charge in [0.15, 0.2) is 0 Å². The van der Waals surface area contributed by atoms with Crippen LogP contribution < -0.4 is 5.32 Å². The fraction of sp³-hybridized carbons (Fsp3) is 0.615. The summed E-state index contributed by atoms with van der Waals surface area (Å²) in [6, 6.07) is 2.09. The molecule has 2 heterocycles. The van der Waals surface area contributed by atoms with Crippen molar-refractivity contribution < 1.29 is 4.79 Å². The molecule has 2 rings (SSSR count). The molecule has 1 fully saturated rings. The summed E-state index contributed by atoms with van der Waals surface area (Å²) in [7, 11) is 1.89. The molecule has 0 aliphatic carbocycles. The summed E-state index contributed by atoms with van der Waals surface area (Å²) in [4.78, 5) is 15.4. The van der Waals surface area contributed by atoms with Gasteiger partial charge in [0.05, 0.1) is 12.6 Å². The maximum absolute atomic E-state index is 12.3. The van der Waals surface area contributed by atoms with Crippen LogP contribution in [0.4, 0.5) is 0 Å². The smallest absolute Gasteiger partial charge is 0.239 e. The van der Waals surface area contributed by atoms with Crippen molar-refractivity contribution in [1.29, 1.82) is 0 Å². The summed E-state index contributed by atoms with van der Waals surface area (Å²) < 4.78 is 1.09. The molecule has 1 atom stereocenters. The topological polar surface area (TPSA) is 32.3 Å². The van der Waals surface area contributed by atoms with Crippen molar-refractivity contribution in [3.63, 3.8) is 0 Å². The number of amides is 1. The third-order valence-corrected chi connectivity index (χ3v) is 4.93. The standard InChI is InChI=1S/C13H19BrN2OS/c1-16(8-11-7-10(14)9-18-11)13(17)12-5-3-2-4-6-15-12/h7,9,12,15H,2-6,8H2,1H3. The van der Waals surface area contributed by atoms with E-state index >= 15 is 0 Å². The van der Waals surface area contributed by atoms with Crippen LogP contribution >= 0.6 is 27.3 Å². The predicted molar refractivity (Wildman–Crippen MR) is 78.8 cm³/mol. The number of halogens is 1. The molecule has 0 spiro atoms. The average molecular weight is 331 g/mol. The third-order valence-electron chi connectivity index (χ3n) is 3.25. The van der Waals surface area contributed by atoms with E-state index in [0.29, 0.717) is 6.54 Å². The van der Waals surface area contributed by atoms with Crippen molar-refractivity contribution >= 4 is 33.2 Å². The van der Waals surface area contributed by atoms with E-state index in [0.717, 1.165) is 23.9 Å². The molecule has 0 bridgehead atoms. The van der Waals surface area contributed by atoms with E-state index in [4.69, 9.17) is 0 Å². The Morgan fingerprint density at radius 2 is 2.39 bits per heavy atom. The first-order chi connectivity index (χ1) is 8.66. The van der Waals surface area contributed by atoms with Gasteiger partial charge in [-0.05, 0) is 41.4 Å². The molecule has 1 aliphatic rings. The fourth-order valence-corrected chi connectivity index (χ4v) is 3.76. The Hall–Kier alpha value is -0.390. The number of hydrogen-bond acceptors (Lipinski definition) is 3. The molecule has 1 aromatic rings. The van der Waals surface area contributed by atoms with E-state index in [2.05, 4.69) is 32.7 Å². The maximum Gasteiger partial charge on any atom is 0.239 e. The first-order valence-electron chi connectivity index (χ1n) is 6.38. The van der Waals surface area contributed by atoms with Gasteiger partial charge in [-0.15, -0.1) is 11.3 Å². The monoisotopic (exact) mass is 330 g/mol. The van der Waals surface area contributed by atoms with Gasteiger partial charge >= 0.3 is 0 Å². The Balaban J connectivity index is 1.91. The van der Waals surface area contributed by atoms with Gasteiger partial charge in [0.1, 0.15) is 0 Å². The summed E-state index contributed by atoms with van der Waals surface area (Å²) in [5.74, 6) is 0.224. The summed E-state index contributed by atoms with van der Waals surface area (Å²) in [6.07, 6.45) is 4.54. The molecule has 1 aliphatic heterocycles. The largest absolute Gasteiger partial charge is 0.339 e. The van der Waals surface area contributed by atoms with Crippen LogP contribution in [0.3, 0.4) is 0 Å². The molecule has 0 aromatic carbocycles. The van der Waals surface area contributed by atoms with Gasteiger partial charge in [-0.1, -0.05) is 12.8 Å². The summed E-state index contributed by atoms with van der Waals surface area (Å²) in [6.45, 7) is 1.67. The minimum atomic E-state index is 0.0147. The zero-order chi connectivity index (χ0) is 13.0. The van der Waals surface area contributed by atoms with Crippen LogP contribution in [0.2, 0.25) is 0 Å². The second-order valence-electron chi connectivity index (χ2n) is 4.78. The summed E-state index contributed by atoms with van der Waals surface area (Å²) in [5, 5.41) is 5.41. The minimum absolute atomic E-state index is 0.0147. The number of nitrogens with one attached hydrogen (secondary N) is 1. The molecule has 1 unspecified atom stereocenters. The average Bonchev–Trinajstić information content (AvgIpc) is 2.62. The highest BCUT2D eigenvalue weighted by Gasteiger charge is 2.22. The zero-order valence-electron chi connectivity index (χ0n) is 10.6. The van der Waals surface area contributed by atoms with Crippen LogP contribution in [0.5, 0.6) is 0 Å². The summed E-state index contributed by atoms with van der Waals surface area (Å²) in [5.41, 5.74) is 0. The van der Waals surface area contributed by atoms with Crippen molar-refractivity contribution in [3.8, 4) is 0 Å². The normalized spacial score (nSPS) is 20.4. The number of thiophene rings is 1. The van der Waals surface area contributed by atoms with E-state index in [1.54, 1.807) is 11.3 Å². The number of carbonyl (C=O) groups excluding carboxylic acids is 1. The van der Waals surface area contributed by atoms with Gasteiger partial charge in [-0.25, -0.2) is 0 Å². The molecule has 1 saturated heterocycles. The van der Waals surface area contributed by atoms with Crippen molar-refractivity contribution in [1.82, 2.24) is 10.2 Å². The molecular formula is C13H19BrN2OS. The molecule has 1 amide bonds. The van der Waals surface area contributed by atoms with Crippen LogP contribution in [0.25, 0.3) is 0 Å². The lowest BCUT2D eigenvalue weighted by Crippen LogP contribution is -2.44. The lowest BCUT2D eigenvalue weighted by atomic mass is 10.1. The number of rotatable bonds is 3. The van der Waals surface area contributed by atoms with Gasteiger partial charge in [0, 0.05) is 21.8 Å². The highest BCUT2D eigenvalue weighted by atomic mass is 79.9. The Labute approximate surface area is 121 Å². The first-order valence-corrected chi connectivity index (χ1v) is 8.05. The number of hydrogen-bond donors (Lipinski definition) is 1. The molecule has 3 nitrogen and oxygen atoms in total. The Morgan fingerprint density at radius 1 is 1.56 bits per heavy atom. The Bertz CT molecular complexity index is 399. The highest BCUT2D eigenvalue weighted by molar-refractivity contribution is 9.10. The second-order valence-corrected chi connectivity index (χ2v) is 6.69. The molecule has 0 radical (unpaired) electrons. The Morgan fingerprint density at radius 3 is 3.11 bits per heavy atom. The molecule has 100 valence electrons. The van der Waals surface area contributed by atoms with Crippen LogP contribution in [-0.4, -0.2) is 30.4 Å². The SMILES string of the molecule is CN(Cc1cc(Br)cs1)C(=O)C1CCCCCN1. The quantitative estimate of drug-likeness (QED) is 0.923. The molecule has 1 aromatic heterocycles. The molecule has 5 heteroatoms. The number of nitrogens with zero attached hydrogens (tertiary/aromatic N) is 1. The fourth-order valence-electron chi connectivity index (χ4n) is 2.25. The van der Waals surface area contributed by atoms with Crippen molar-refractivity contribution in [3.05, 3.63) is 20.8 Å².